The van der Waals surface area contributed by atoms with Crippen molar-refractivity contribution in [3.05, 3.63) is 85.2 Å². The molecule has 6 rings (SSSR count). The van der Waals surface area contributed by atoms with Crippen molar-refractivity contribution >= 4 is 56.0 Å². The molecule has 1 fully saturated rings. The molecule has 190 valence electrons. The number of fused-ring (bicyclic) bond motifs is 1. The summed E-state index contributed by atoms with van der Waals surface area (Å²) in [4.78, 5) is 23.0. The van der Waals surface area contributed by atoms with Crippen LogP contribution in [0.15, 0.2) is 79.4 Å². The number of aryl methyl sites for hydroxylation is 1. The number of ether oxygens (including phenoxy) is 1. The molecule has 0 bridgehead atoms. The van der Waals surface area contributed by atoms with Gasteiger partial charge in [-0.15, -0.1) is 11.3 Å². The number of imidazole rings is 1. The highest BCUT2D eigenvalue weighted by atomic mass is 32.1. The Morgan fingerprint density at radius 1 is 1.05 bits per heavy atom. The number of thiocarbonyl (C=S) groups is 1. The Kier molecular flexibility index (Phi) is 6.13. The van der Waals surface area contributed by atoms with Crippen LogP contribution in [0.2, 0.25) is 0 Å². The van der Waals surface area contributed by atoms with Crippen molar-refractivity contribution in [1.29, 1.82) is 0 Å². The molecule has 1 amide bonds. The predicted molar refractivity (Wildman–Crippen MR) is 151 cm³/mol. The van der Waals surface area contributed by atoms with Crippen molar-refractivity contribution in [3.63, 3.8) is 0 Å². The van der Waals surface area contributed by atoms with Gasteiger partial charge in [-0.3, -0.25) is 9.78 Å². The first-order chi connectivity index (χ1) is 18.4. The summed E-state index contributed by atoms with van der Waals surface area (Å²) in [5.74, 6) is -0.135. The maximum absolute atomic E-state index is 15.1. The second-order valence-corrected chi connectivity index (χ2v) is 10.6. The van der Waals surface area contributed by atoms with Crippen LogP contribution in [0.25, 0.3) is 20.8 Å². The van der Waals surface area contributed by atoms with Gasteiger partial charge in [0.05, 0.1) is 37.5 Å². The Bertz CT molecular complexity index is 1680. The van der Waals surface area contributed by atoms with Crippen LogP contribution in [0.1, 0.15) is 12.8 Å². The number of nitrogens with one attached hydrogen (secondary N) is 2. The van der Waals surface area contributed by atoms with E-state index >= 15 is 4.39 Å². The molecular weight excluding hydrogens is 521 g/mol. The van der Waals surface area contributed by atoms with Gasteiger partial charge in [-0.25, -0.2) is 9.37 Å². The summed E-state index contributed by atoms with van der Waals surface area (Å²) in [5.41, 5.74) is 1.96. The predicted octanol–water partition coefficient (Wildman–Crippen LogP) is 6.79. The number of thiophene rings is 1. The standard InChI is InChI=1S/C28H22FN5O2S2/c1-34-15-21(31-16-34)24-14-20-25(38-24)23(9-12-30-20)36-22-8-7-18(13-19(22)29)33-27(37)28(10-11-28)26(35)32-17-5-3-2-4-6-17/h2-9,12-16H,10-11H2,1H3,(H,32,35)(H,33,37). The molecule has 0 unspecified atom stereocenters. The van der Waals surface area contributed by atoms with Gasteiger partial charge in [0.1, 0.15) is 5.75 Å². The van der Waals surface area contributed by atoms with Gasteiger partial charge in [-0.1, -0.05) is 30.4 Å². The van der Waals surface area contributed by atoms with E-state index in [1.807, 2.05) is 54.2 Å². The number of carbonyl (C=O) groups is 1. The number of anilines is 2. The van der Waals surface area contributed by atoms with Gasteiger partial charge in [-0.2, -0.15) is 0 Å². The molecular formula is C28H22FN5O2S2. The number of para-hydroxylation sites is 1. The van der Waals surface area contributed by atoms with Crippen LogP contribution >= 0.6 is 23.6 Å². The lowest BCUT2D eigenvalue weighted by atomic mass is 10.1. The highest BCUT2D eigenvalue weighted by molar-refractivity contribution is 7.80. The minimum atomic E-state index is -0.788. The van der Waals surface area contributed by atoms with Crippen LogP contribution in [0.4, 0.5) is 15.8 Å². The number of pyridine rings is 1. The van der Waals surface area contributed by atoms with E-state index in [1.165, 1.54) is 17.4 Å². The second-order valence-electron chi connectivity index (χ2n) is 9.16. The fourth-order valence-corrected chi connectivity index (χ4v) is 5.59. The fourth-order valence-electron chi connectivity index (χ4n) is 4.15. The molecule has 3 heterocycles. The number of benzene rings is 2. The van der Waals surface area contributed by atoms with Gasteiger partial charge in [0.25, 0.3) is 0 Å². The molecule has 3 aromatic heterocycles. The van der Waals surface area contributed by atoms with Crippen molar-refractivity contribution in [2.75, 3.05) is 10.6 Å². The zero-order valence-corrected chi connectivity index (χ0v) is 21.9. The van der Waals surface area contributed by atoms with Crippen molar-refractivity contribution in [1.82, 2.24) is 14.5 Å². The zero-order chi connectivity index (χ0) is 26.3. The normalized spacial score (nSPS) is 13.7. The molecule has 0 radical (unpaired) electrons. The van der Waals surface area contributed by atoms with Crippen LogP contribution in [0, 0.1) is 11.2 Å². The molecule has 0 aliphatic heterocycles. The molecule has 0 spiro atoms. The first kappa shape index (κ1) is 24.2. The van der Waals surface area contributed by atoms with E-state index in [2.05, 4.69) is 20.6 Å². The summed E-state index contributed by atoms with van der Waals surface area (Å²) in [5, 5.41) is 5.97. The molecule has 2 N–H and O–H groups in total. The van der Waals surface area contributed by atoms with E-state index in [9.17, 15) is 4.79 Å². The quantitative estimate of drug-likeness (QED) is 0.220. The number of carbonyl (C=O) groups excluding carboxylic acids is 1. The second kappa shape index (κ2) is 9.62. The summed E-state index contributed by atoms with van der Waals surface area (Å²) in [6.07, 6.45) is 6.58. The van der Waals surface area contributed by atoms with Crippen molar-refractivity contribution in [3.8, 4) is 22.1 Å². The topological polar surface area (TPSA) is 81.1 Å². The number of aromatic nitrogens is 3. The largest absolute Gasteiger partial charge is 0.453 e. The van der Waals surface area contributed by atoms with Gasteiger partial charge >= 0.3 is 0 Å². The third kappa shape index (κ3) is 4.64. The summed E-state index contributed by atoms with van der Waals surface area (Å²) in [7, 11) is 1.91. The Balaban J connectivity index is 1.17. The Morgan fingerprint density at radius 3 is 2.58 bits per heavy atom. The summed E-state index contributed by atoms with van der Waals surface area (Å²) >= 11 is 7.05. The van der Waals surface area contributed by atoms with E-state index in [-0.39, 0.29) is 11.7 Å². The van der Waals surface area contributed by atoms with Crippen molar-refractivity contribution < 1.29 is 13.9 Å². The number of hydrogen-bond donors (Lipinski definition) is 2. The highest BCUT2D eigenvalue weighted by Gasteiger charge is 2.53. The summed E-state index contributed by atoms with van der Waals surface area (Å²) in [6.45, 7) is 0. The summed E-state index contributed by atoms with van der Waals surface area (Å²) < 4.78 is 23.7. The number of amides is 1. The first-order valence-electron chi connectivity index (χ1n) is 11.9. The van der Waals surface area contributed by atoms with Gasteiger partial charge in [0, 0.05) is 42.9 Å². The lowest BCUT2D eigenvalue weighted by Gasteiger charge is -2.18. The Morgan fingerprint density at radius 2 is 1.87 bits per heavy atom. The molecule has 38 heavy (non-hydrogen) atoms. The average Bonchev–Trinajstić information content (AvgIpc) is 3.43. The van der Waals surface area contributed by atoms with E-state index < -0.39 is 11.2 Å². The van der Waals surface area contributed by atoms with E-state index in [4.69, 9.17) is 17.0 Å². The van der Waals surface area contributed by atoms with E-state index in [1.54, 1.807) is 30.7 Å². The zero-order valence-electron chi connectivity index (χ0n) is 20.3. The minimum Gasteiger partial charge on any atom is -0.453 e. The third-order valence-electron chi connectivity index (χ3n) is 6.39. The minimum absolute atomic E-state index is 0.0738. The Hall–Kier alpha value is -4.15. The lowest BCUT2D eigenvalue weighted by molar-refractivity contribution is -0.118. The molecule has 5 aromatic rings. The average molecular weight is 544 g/mol. The van der Waals surface area contributed by atoms with Crippen LogP contribution in [-0.4, -0.2) is 25.4 Å². The maximum atomic E-state index is 15.1. The van der Waals surface area contributed by atoms with Gasteiger partial charge in [-0.05, 0) is 43.2 Å². The molecule has 0 atom stereocenters. The summed E-state index contributed by atoms with van der Waals surface area (Å²) in [6, 6.07) is 17.4. The molecule has 0 saturated heterocycles. The van der Waals surface area contributed by atoms with Crippen molar-refractivity contribution in [2.45, 2.75) is 12.8 Å². The van der Waals surface area contributed by atoms with E-state index in [0.717, 1.165) is 20.8 Å². The Labute approximate surface area is 227 Å². The highest BCUT2D eigenvalue weighted by Crippen LogP contribution is 2.48. The number of rotatable bonds is 7. The number of nitrogens with zero attached hydrogens (tertiary/aromatic N) is 3. The van der Waals surface area contributed by atoms with Gasteiger partial charge < -0.3 is 19.9 Å². The van der Waals surface area contributed by atoms with Crippen molar-refractivity contribution in [2.24, 2.45) is 12.5 Å². The SMILES string of the molecule is Cn1cnc(-c2cc3nccc(Oc4ccc(NC(=S)C5(C(=O)Nc6ccccc6)CC5)cc4F)c3s2)c1. The van der Waals surface area contributed by atoms with Crippen LogP contribution < -0.4 is 15.4 Å². The van der Waals surface area contributed by atoms with E-state index in [0.29, 0.717) is 35.0 Å². The molecule has 7 nitrogen and oxygen atoms in total. The number of hydrogen-bond acceptors (Lipinski definition) is 6. The lowest BCUT2D eigenvalue weighted by Crippen LogP contribution is -2.34. The molecule has 1 aliphatic rings. The van der Waals surface area contributed by atoms with Gasteiger partial charge in [0.15, 0.2) is 11.6 Å². The van der Waals surface area contributed by atoms with Gasteiger partial charge in [0.2, 0.25) is 5.91 Å². The smallest absolute Gasteiger partial charge is 0.237 e. The van der Waals surface area contributed by atoms with Crippen LogP contribution in [0.5, 0.6) is 11.5 Å². The third-order valence-corrected chi connectivity index (χ3v) is 8.05. The molecule has 2 aromatic carbocycles. The monoisotopic (exact) mass is 543 g/mol. The fraction of sp³-hybridized carbons (Fsp3) is 0.143. The van der Waals surface area contributed by atoms with Crippen LogP contribution in [-0.2, 0) is 11.8 Å². The molecule has 10 heteroatoms. The maximum Gasteiger partial charge on any atom is 0.237 e. The first-order valence-corrected chi connectivity index (χ1v) is 13.2. The number of halogens is 1. The van der Waals surface area contributed by atoms with Crippen LogP contribution in [0.3, 0.4) is 0 Å². The molecule has 1 saturated carbocycles. The molecule has 1 aliphatic carbocycles.